The second-order valence-electron chi connectivity index (χ2n) is 7.36. The summed E-state index contributed by atoms with van der Waals surface area (Å²) in [5.74, 6) is -0.440. The lowest BCUT2D eigenvalue weighted by Gasteiger charge is -2.16. The smallest absolute Gasteiger partial charge is 0.390 e. The number of azide groups is 1. The number of nitrogens with zero attached hydrogens (tertiary/aromatic N) is 4. The lowest BCUT2D eigenvalue weighted by Crippen LogP contribution is -2.34. The van der Waals surface area contributed by atoms with E-state index in [9.17, 15) is 24.1 Å². The van der Waals surface area contributed by atoms with Crippen molar-refractivity contribution < 1.29 is 33.5 Å². The number of hydrogen-bond acceptors (Lipinski definition) is 8. The Morgan fingerprint density at radius 1 is 1.37 bits per heavy atom. The zero-order valence-corrected chi connectivity index (χ0v) is 18.8. The van der Waals surface area contributed by atoms with Gasteiger partial charge in [0.1, 0.15) is 12.3 Å². The van der Waals surface area contributed by atoms with Gasteiger partial charge in [0, 0.05) is 40.5 Å². The molecule has 35 heavy (non-hydrogen) atoms. The molecule has 1 aromatic heterocycles. The van der Waals surface area contributed by atoms with E-state index in [1.54, 1.807) is 0 Å². The fourth-order valence-corrected chi connectivity index (χ4v) is 3.57. The Morgan fingerprint density at radius 3 is 2.74 bits per heavy atom. The Bertz CT molecular complexity index is 1310. The number of carbonyl (C=O) groups is 1. The molecule has 1 saturated heterocycles. The van der Waals surface area contributed by atoms with Crippen molar-refractivity contribution in [1.29, 1.82) is 0 Å². The molecule has 0 unspecified atom stereocenters. The second kappa shape index (κ2) is 11.3. The lowest BCUT2D eigenvalue weighted by molar-refractivity contribution is -0.0451. The summed E-state index contributed by atoms with van der Waals surface area (Å²) in [6.45, 7) is -0.594. The van der Waals surface area contributed by atoms with Gasteiger partial charge in [-0.1, -0.05) is 23.3 Å². The Hall–Kier alpha value is -3.55. The fraction of sp³-hybridized carbons (Fsp3) is 0.316. The zero-order chi connectivity index (χ0) is 25.6. The number of phosphoric ester groups is 1. The fourth-order valence-electron chi connectivity index (χ4n) is 3.23. The van der Waals surface area contributed by atoms with E-state index >= 15 is 0 Å². The lowest BCUT2D eigenvalue weighted by atomic mass is 10.2. The summed E-state index contributed by atoms with van der Waals surface area (Å²) in [7, 11) is -4.77. The van der Waals surface area contributed by atoms with Crippen LogP contribution in [-0.4, -0.2) is 49.2 Å². The van der Waals surface area contributed by atoms with Crippen molar-refractivity contribution in [2.45, 2.75) is 31.3 Å². The highest BCUT2D eigenvalue weighted by molar-refractivity contribution is 7.46. The van der Waals surface area contributed by atoms with Gasteiger partial charge in [-0.25, -0.2) is 9.36 Å². The molecule has 3 atom stereocenters. The maximum Gasteiger partial charge on any atom is 0.469 e. The summed E-state index contributed by atoms with van der Waals surface area (Å²) >= 11 is 0. The molecule has 186 valence electrons. The van der Waals surface area contributed by atoms with E-state index in [0.29, 0.717) is 11.3 Å². The normalized spacial score (nSPS) is 20.0. The number of ether oxygens (including phenoxy) is 1. The van der Waals surface area contributed by atoms with E-state index in [0.717, 1.165) is 4.57 Å². The summed E-state index contributed by atoms with van der Waals surface area (Å²) < 4.78 is 21.7. The molecule has 0 spiro atoms. The van der Waals surface area contributed by atoms with Gasteiger partial charge in [-0.2, -0.15) is 0 Å². The number of phosphoric acid groups is 1. The molecule has 5 N–H and O–H groups in total. The van der Waals surface area contributed by atoms with E-state index < -0.39 is 50.0 Å². The highest BCUT2D eigenvalue weighted by Crippen LogP contribution is 2.38. The Morgan fingerprint density at radius 2 is 2.09 bits per heavy atom. The van der Waals surface area contributed by atoms with E-state index in [4.69, 9.17) is 20.1 Å². The van der Waals surface area contributed by atoms with Crippen LogP contribution in [0.5, 0.6) is 0 Å². The summed E-state index contributed by atoms with van der Waals surface area (Å²) in [5.41, 5.74) is 7.77. The van der Waals surface area contributed by atoms with Crippen molar-refractivity contribution in [2.75, 3.05) is 6.61 Å². The molecule has 16 heteroatoms. The number of amides is 1. The molecule has 2 heterocycles. The Labute approximate surface area is 196 Å². The molecule has 2 aromatic rings. The number of benzene rings is 1. The van der Waals surface area contributed by atoms with Crippen LogP contribution in [0.4, 0.5) is 5.69 Å². The molecular weight excluding hydrogens is 487 g/mol. The molecule has 15 nitrogen and oxygen atoms in total. The van der Waals surface area contributed by atoms with Crippen LogP contribution in [0.15, 0.2) is 57.4 Å². The van der Waals surface area contributed by atoms with E-state index in [-0.39, 0.29) is 18.4 Å². The van der Waals surface area contributed by atoms with Crippen LogP contribution < -0.4 is 16.6 Å². The third kappa shape index (κ3) is 7.21. The van der Waals surface area contributed by atoms with Gasteiger partial charge >= 0.3 is 13.5 Å². The number of rotatable bonds is 9. The van der Waals surface area contributed by atoms with Crippen LogP contribution in [-0.2, 0) is 20.2 Å². The number of aromatic amines is 1. The van der Waals surface area contributed by atoms with Crippen LogP contribution >= 0.6 is 7.82 Å². The van der Waals surface area contributed by atoms with E-state index in [1.807, 2.05) is 0 Å². The third-order valence-corrected chi connectivity index (χ3v) is 5.41. The molecule has 1 fully saturated rings. The van der Waals surface area contributed by atoms with Crippen LogP contribution in [0.1, 0.15) is 28.6 Å². The van der Waals surface area contributed by atoms with Gasteiger partial charge in [-0.3, -0.25) is 23.7 Å². The van der Waals surface area contributed by atoms with Crippen molar-refractivity contribution >= 4 is 19.4 Å². The quantitative estimate of drug-likeness (QED) is 0.139. The average molecular weight is 508 g/mol. The number of aromatic nitrogens is 2. The summed E-state index contributed by atoms with van der Waals surface area (Å²) in [5, 5.41) is 16.0. The van der Waals surface area contributed by atoms with Gasteiger partial charge in [-0.15, -0.1) is 0 Å². The molecule has 1 aromatic carbocycles. The minimum Gasteiger partial charge on any atom is -0.390 e. The first-order chi connectivity index (χ1) is 16.6. The first-order valence-corrected chi connectivity index (χ1v) is 11.6. The van der Waals surface area contributed by atoms with Crippen molar-refractivity contribution in [3.63, 3.8) is 0 Å². The molecule has 0 bridgehead atoms. The zero-order valence-electron chi connectivity index (χ0n) is 17.9. The van der Waals surface area contributed by atoms with Gasteiger partial charge in [0.2, 0.25) is 0 Å². The highest BCUT2D eigenvalue weighted by atomic mass is 31.2. The van der Waals surface area contributed by atoms with Crippen molar-refractivity contribution in [3.05, 3.63) is 85.1 Å². The van der Waals surface area contributed by atoms with Crippen LogP contribution in [0.2, 0.25) is 0 Å². The first kappa shape index (κ1) is 26.1. The van der Waals surface area contributed by atoms with Gasteiger partial charge in [-0.05, 0) is 24.1 Å². The second-order valence-corrected chi connectivity index (χ2v) is 8.60. The summed E-state index contributed by atoms with van der Waals surface area (Å²) in [6.07, 6.45) is 0.740. The number of aliphatic hydroxyl groups excluding tert-OH is 1. The van der Waals surface area contributed by atoms with Crippen molar-refractivity contribution in [2.24, 2.45) is 5.11 Å². The highest BCUT2D eigenvalue weighted by Gasteiger charge is 2.37. The number of nitrogens with one attached hydrogen (secondary N) is 2. The molecule has 0 saturated carbocycles. The predicted octanol–water partition coefficient (Wildman–Crippen LogP) is 0.722. The monoisotopic (exact) mass is 508 g/mol. The van der Waals surface area contributed by atoms with Crippen molar-refractivity contribution in [1.82, 2.24) is 14.9 Å². The molecule has 0 radical (unpaired) electrons. The van der Waals surface area contributed by atoms with Gasteiger partial charge in [0.25, 0.3) is 11.5 Å². The van der Waals surface area contributed by atoms with Gasteiger partial charge in [0.15, 0.2) is 0 Å². The molecule has 1 aliphatic rings. The van der Waals surface area contributed by atoms with Crippen LogP contribution in [0, 0.1) is 0 Å². The predicted molar refractivity (Wildman–Crippen MR) is 119 cm³/mol. The SMILES string of the molecule is [N-]=[N+]=Nc1ccc(C(=O)N/C=C/Cc2cn([C@H]3C[C@H](O)[C@@H](COP(=O)(O)O)O3)c(=O)[nH]c2=O)cc1. The van der Waals surface area contributed by atoms with Gasteiger partial charge in [0.05, 0.1) is 12.7 Å². The number of H-pyrrole nitrogens is 1. The molecule has 1 aliphatic heterocycles. The molecule has 0 aliphatic carbocycles. The molecule has 1 amide bonds. The first-order valence-electron chi connectivity index (χ1n) is 10.1. The topological polar surface area (TPSA) is 229 Å². The minimum absolute atomic E-state index is 0.0335. The summed E-state index contributed by atoms with van der Waals surface area (Å²) in [6, 6.07) is 5.90. The molecule has 3 rings (SSSR count). The van der Waals surface area contributed by atoms with Gasteiger partial charge < -0.3 is 24.9 Å². The minimum atomic E-state index is -4.77. The molecular formula is C19H21N6O9P. The largest absolute Gasteiger partial charge is 0.469 e. The van der Waals surface area contributed by atoms with E-state index in [2.05, 4.69) is 24.9 Å². The standard InChI is InChI=1S/C19H21N6O9P/c20-24-23-13-5-3-11(4-6-13)17(27)21-7-1-2-12-9-25(19(29)22-18(12)28)16-8-14(26)15(34-16)10-33-35(30,31)32/h1,3-7,9,14-16,26H,2,8,10H2,(H,21,27)(H,22,28,29)(H2,30,31,32)/b7-1+/t14-,15+,16+/m0/s1. The average Bonchev–Trinajstić information content (AvgIpc) is 3.16. The third-order valence-electron chi connectivity index (χ3n) is 4.92. The number of allylic oxidation sites excluding steroid dienone is 1. The maximum absolute atomic E-state index is 12.2. The Kier molecular flexibility index (Phi) is 8.38. The van der Waals surface area contributed by atoms with Crippen molar-refractivity contribution in [3.8, 4) is 0 Å². The number of carbonyl (C=O) groups excluding carboxylic acids is 1. The van der Waals surface area contributed by atoms with Crippen LogP contribution in [0.3, 0.4) is 0 Å². The van der Waals surface area contributed by atoms with E-state index in [1.165, 1.54) is 42.7 Å². The number of hydrogen-bond donors (Lipinski definition) is 5. The Balaban J connectivity index is 1.64. The van der Waals surface area contributed by atoms with Crippen LogP contribution in [0.25, 0.3) is 10.4 Å². The maximum atomic E-state index is 12.2. The number of aliphatic hydroxyl groups is 1. The summed E-state index contributed by atoms with van der Waals surface area (Å²) in [4.78, 5) is 59.0.